The molecule has 26 heavy (non-hydrogen) atoms. The lowest BCUT2D eigenvalue weighted by atomic mass is 9.71. The van der Waals surface area contributed by atoms with Crippen molar-refractivity contribution in [2.45, 2.75) is 18.8 Å². The van der Waals surface area contributed by atoms with Crippen LogP contribution in [0.3, 0.4) is 0 Å². The third-order valence-electron chi connectivity index (χ3n) is 5.34. The van der Waals surface area contributed by atoms with Gasteiger partial charge in [-0.1, -0.05) is 30.3 Å². The molecule has 2 unspecified atom stereocenters. The molecule has 0 saturated carbocycles. The van der Waals surface area contributed by atoms with Crippen molar-refractivity contribution in [3.63, 3.8) is 0 Å². The van der Waals surface area contributed by atoms with Gasteiger partial charge in [0.1, 0.15) is 0 Å². The summed E-state index contributed by atoms with van der Waals surface area (Å²) < 4.78 is 11.2. The van der Waals surface area contributed by atoms with E-state index in [2.05, 4.69) is 36.4 Å². The van der Waals surface area contributed by atoms with E-state index < -0.39 is 5.97 Å². The minimum atomic E-state index is -0.789. The number of carbonyl (C=O) groups is 1. The molecule has 2 aliphatic rings. The number of aryl methyl sites for hydroxylation is 1. The number of benzene rings is 2. The smallest absolute Gasteiger partial charge is 0.317 e. The van der Waals surface area contributed by atoms with E-state index in [0.717, 1.165) is 30.9 Å². The first-order valence-electron chi connectivity index (χ1n) is 8.99. The van der Waals surface area contributed by atoms with Gasteiger partial charge in [-0.15, -0.1) is 0 Å². The second-order valence-electron chi connectivity index (χ2n) is 7.18. The average molecular weight is 353 g/mol. The molecule has 1 aliphatic carbocycles. The number of nitrogens with zero attached hydrogens (tertiary/aromatic N) is 1. The van der Waals surface area contributed by atoms with Gasteiger partial charge in [0.2, 0.25) is 6.79 Å². The first kappa shape index (κ1) is 16.9. The summed E-state index contributed by atoms with van der Waals surface area (Å²) in [6, 6.07) is 14.7. The molecule has 0 spiro atoms. The Balaban J connectivity index is 1.71. The Morgan fingerprint density at radius 1 is 1.19 bits per heavy atom. The maximum Gasteiger partial charge on any atom is 0.317 e. The molecule has 1 aliphatic heterocycles. The molecule has 0 bridgehead atoms. The number of carboxylic acid groups (broad SMARTS) is 1. The number of hydrogen-bond donors (Lipinski definition) is 1. The molecule has 0 aromatic heterocycles. The quantitative estimate of drug-likeness (QED) is 0.895. The van der Waals surface area contributed by atoms with Gasteiger partial charge < -0.3 is 14.6 Å². The summed E-state index contributed by atoms with van der Waals surface area (Å²) in [6.07, 6.45) is 2.00. The van der Waals surface area contributed by atoms with Gasteiger partial charge in [0.25, 0.3) is 0 Å². The molecule has 0 saturated heterocycles. The lowest BCUT2D eigenvalue weighted by Crippen LogP contribution is -2.35. The predicted molar refractivity (Wildman–Crippen MR) is 97.8 cm³/mol. The molecule has 0 fully saturated rings. The normalized spacial score (nSPS) is 20.8. The third-order valence-corrected chi connectivity index (χ3v) is 5.34. The molecular weight excluding hydrogens is 330 g/mol. The highest BCUT2D eigenvalue weighted by Crippen LogP contribution is 2.46. The van der Waals surface area contributed by atoms with Crippen LogP contribution in [0.25, 0.3) is 0 Å². The van der Waals surface area contributed by atoms with Crippen LogP contribution in [0, 0.1) is 5.92 Å². The predicted octanol–water partition coefficient (Wildman–Crippen LogP) is 3.13. The van der Waals surface area contributed by atoms with Crippen molar-refractivity contribution in [1.29, 1.82) is 0 Å². The average Bonchev–Trinajstić information content (AvgIpc) is 3.07. The van der Waals surface area contributed by atoms with Crippen LogP contribution in [0.5, 0.6) is 11.5 Å². The summed E-state index contributed by atoms with van der Waals surface area (Å²) in [7, 11) is 1.88. The Morgan fingerprint density at radius 2 is 1.92 bits per heavy atom. The molecule has 5 nitrogen and oxygen atoms in total. The lowest BCUT2D eigenvalue weighted by molar-refractivity contribution is -0.138. The standard InChI is InChI=1S/C21H23NO4/c1-22(12-20(23)24)11-16-8-7-15-9-18-19(26-13-25-18)10-17(15)21(16)14-5-3-2-4-6-14/h2-6,9-10,16,21H,7-8,11-13H2,1H3,(H,23,24). The second-order valence-corrected chi connectivity index (χ2v) is 7.18. The van der Waals surface area contributed by atoms with Gasteiger partial charge in [0, 0.05) is 12.5 Å². The van der Waals surface area contributed by atoms with E-state index >= 15 is 0 Å². The highest BCUT2D eigenvalue weighted by Gasteiger charge is 2.33. The molecule has 4 rings (SSSR count). The van der Waals surface area contributed by atoms with Crippen LogP contribution in [0.2, 0.25) is 0 Å². The maximum atomic E-state index is 11.1. The molecule has 0 radical (unpaired) electrons. The summed E-state index contributed by atoms with van der Waals surface area (Å²) in [5, 5.41) is 9.09. The molecule has 1 heterocycles. The Hall–Kier alpha value is -2.53. The second kappa shape index (κ2) is 7.00. The molecule has 5 heteroatoms. The Kier molecular flexibility index (Phi) is 4.55. The Bertz CT molecular complexity index is 805. The van der Waals surface area contributed by atoms with Crippen molar-refractivity contribution in [3.05, 3.63) is 59.2 Å². The van der Waals surface area contributed by atoms with Gasteiger partial charge >= 0.3 is 5.97 Å². The molecule has 2 aromatic rings. The van der Waals surface area contributed by atoms with E-state index in [1.807, 2.05) is 18.0 Å². The van der Waals surface area contributed by atoms with Gasteiger partial charge in [-0.3, -0.25) is 9.69 Å². The highest BCUT2D eigenvalue weighted by molar-refractivity contribution is 5.69. The first-order chi connectivity index (χ1) is 12.6. The van der Waals surface area contributed by atoms with Gasteiger partial charge in [0.15, 0.2) is 11.5 Å². The summed E-state index contributed by atoms with van der Waals surface area (Å²) in [5.74, 6) is 1.44. The number of ether oxygens (including phenoxy) is 2. The van der Waals surface area contributed by atoms with Crippen LogP contribution >= 0.6 is 0 Å². The van der Waals surface area contributed by atoms with Crippen LogP contribution in [0.4, 0.5) is 0 Å². The van der Waals surface area contributed by atoms with Crippen LogP contribution in [0.1, 0.15) is 29.0 Å². The largest absolute Gasteiger partial charge is 0.480 e. The van der Waals surface area contributed by atoms with E-state index in [0.29, 0.717) is 5.92 Å². The first-order valence-corrected chi connectivity index (χ1v) is 8.99. The van der Waals surface area contributed by atoms with Gasteiger partial charge in [0.05, 0.1) is 6.54 Å². The maximum absolute atomic E-state index is 11.1. The molecule has 136 valence electrons. The molecule has 2 atom stereocenters. The minimum Gasteiger partial charge on any atom is -0.480 e. The van der Waals surface area contributed by atoms with Crippen LogP contribution in [-0.2, 0) is 11.2 Å². The number of carboxylic acids is 1. The van der Waals surface area contributed by atoms with E-state index in [4.69, 9.17) is 14.6 Å². The van der Waals surface area contributed by atoms with Crippen LogP contribution in [-0.4, -0.2) is 42.9 Å². The number of rotatable bonds is 5. The molecule has 2 aromatic carbocycles. The summed E-state index contributed by atoms with van der Waals surface area (Å²) in [4.78, 5) is 13.0. The minimum absolute atomic E-state index is 0.0615. The van der Waals surface area contributed by atoms with Crippen molar-refractivity contribution in [2.24, 2.45) is 5.92 Å². The van der Waals surface area contributed by atoms with Crippen molar-refractivity contribution in [1.82, 2.24) is 4.90 Å². The number of aliphatic carboxylic acids is 1. The van der Waals surface area contributed by atoms with E-state index in [1.165, 1.54) is 16.7 Å². The summed E-state index contributed by atoms with van der Waals surface area (Å²) >= 11 is 0. The highest BCUT2D eigenvalue weighted by atomic mass is 16.7. The fourth-order valence-electron chi connectivity index (χ4n) is 4.27. The Labute approximate surface area is 153 Å². The zero-order chi connectivity index (χ0) is 18.1. The molecule has 0 amide bonds. The monoisotopic (exact) mass is 353 g/mol. The van der Waals surface area contributed by atoms with Crippen molar-refractivity contribution in [2.75, 3.05) is 26.9 Å². The summed E-state index contributed by atoms with van der Waals surface area (Å²) in [5.41, 5.74) is 3.85. The molecular formula is C21H23NO4. The van der Waals surface area contributed by atoms with Crippen LogP contribution < -0.4 is 9.47 Å². The van der Waals surface area contributed by atoms with E-state index in [-0.39, 0.29) is 19.3 Å². The van der Waals surface area contributed by atoms with Crippen LogP contribution in [0.15, 0.2) is 42.5 Å². The zero-order valence-electron chi connectivity index (χ0n) is 14.9. The van der Waals surface area contributed by atoms with Gasteiger partial charge in [-0.2, -0.15) is 0 Å². The zero-order valence-corrected chi connectivity index (χ0v) is 14.9. The van der Waals surface area contributed by atoms with E-state index in [9.17, 15) is 4.79 Å². The van der Waals surface area contributed by atoms with Crippen molar-refractivity contribution >= 4 is 5.97 Å². The summed E-state index contributed by atoms with van der Waals surface area (Å²) in [6.45, 7) is 1.09. The number of hydrogen-bond acceptors (Lipinski definition) is 4. The fourth-order valence-corrected chi connectivity index (χ4v) is 4.27. The van der Waals surface area contributed by atoms with Gasteiger partial charge in [-0.05, 0) is 54.6 Å². The van der Waals surface area contributed by atoms with Crippen molar-refractivity contribution in [3.8, 4) is 11.5 Å². The van der Waals surface area contributed by atoms with E-state index in [1.54, 1.807) is 0 Å². The fraction of sp³-hybridized carbons (Fsp3) is 0.381. The number of likely N-dealkylation sites (N-methyl/N-ethyl adjacent to an activating group) is 1. The topological polar surface area (TPSA) is 59.0 Å². The van der Waals surface area contributed by atoms with Crippen molar-refractivity contribution < 1.29 is 19.4 Å². The number of fused-ring (bicyclic) bond motifs is 2. The SMILES string of the molecule is CN(CC(=O)O)CC1CCc2cc3c(cc2C1c1ccccc1)OCO3. The Morgan fingerprint density at radius 3 is 2.65 bits per heavy atom. The van der Waals surface area contributed by atoms with Gasteiger partial charge in [-0.25, -0.2) is 0 Å². The third kappa shape index (κ3) is 3.27. The lowest BCUT2D eigenvalue weighted by Gasteiger charge is -2.36. The molecule has 1 N–H and O–H groups in total.